The van der Waals surface area contributed by atoms with E-state index in [9.17, 15) is 30.0 Å². The second-order valence-electron chi connectivity index (χ2n) is 10.3. The highest BCUT2D eigenvalue weighted by molar-refractivity contribution is 6.11. The van der Waals surface area contributed by atoms with Crippen molar-refractivity contribution >= 4 is 11.8 Å². The molecule has 2 bridgehead atoms. The average Bonchev–Trinajstić information content (AvgIpc) is 3.07. The number of hydrogen-bond acceptors (Lipinski definition) is 8. The van der Waals surface area contributed by atoms with Crippen LogP contribution in [0.15, 0.2) is 0 Å². The van der Waals surface area contributed by atoms with E-state index >= 15 is 0 Å². The molecule has 2 aliphatic heterocycles. The van der Waals surface area contributed by atoms with Crippen molar-refractivity contribution < 1.29 is 39.5 Å². The topological polar surface area (TPSA) is 134 Å². The van der Waals surface area contributed by atoms with Crippen molar-refractivity contribution in [1.82, 2.24) is 0 Å². The Morgan fingerprint density at radius 3 is 2.57 bits per heavy atom. The second kappa shape index (κ2) is 5.35. The monoisotopic (exact) mass is 396 g/mol. The van der Waals surface area contributed by atoms with Crippen LogP contribution in [0.5, 0.6) is 0 Å². The number of aliphatic hydroxyl groups excluding tert-OH is 3. The summed E-state index contributed by atoms with van der Waals surface area (Å²) in [5.41, 5.74) is -5.02. The van der Waals surface area contributed by atoms with Gasteiger partial charge < -0.3 is 29.9 Å². The number of esters is 1. The van der Waals surface area contributed by atoms with Crippen LogP contribution in [-0.4, -0.2) is 69.5 Å². The highest BCUT2D eigenvalue weighted by Gasteiger charge is 2.82. The number of rotatable bonds is 1. The van der Waals surface area contributed by atoms with Gasteiger partial charge in [-0.15, -0.1) is 0 Å². The smallest absolute Gasteiger partial charge is 0.320 e. The Bertz CT molecular complexity index is 750. The minimum Gasteiger partial charge on any atom is -0.461 e. The lowest BCUT2D eigenvalue weighted by atomic mass is 9.43. The third-order valence-corrected chi connectivity index (χ3v) is 8.78. The van der Waals surface area contributed by atoms with Gasteiger partial charge in [-0.1, -0.05) is 13.8 Å². The quantitative estimate of drug-likeness (QED) is 0.340. The standard InChI is InChI=1S/C20H28O8/c1-17(2)4-3-11-19(8-27-14(23)13(17)19)12-10(22)5-9-6-18(12,16(25)28-11)15(24)20(9,26)7-21/h9-14,21-23,26H,3-8H2,1-2H3. The largest absolute Gasteiger partial charge is 0.461 e. The molecule has 0 radical (unpaired) electrons. The molecule has 5 aliphatic rings. The van der Waals surface area contributed by atoms with Crippen LogP contribution >= 0.6 is 0 Å². The van der Waals surface area contributed by atoms with Gasteiger partial charge in [0.25, 0.3) is 0 Å². The molecule has 8 heteroatoms. The molecule has 5 rings (SSSR count). The van der Waals surface area contributed by atoms with Gasteiger partial charge in [0.2, 0.25) is 0 Å². The summed E-state index contributed by atoms with van der Waals surface area (Å²) < 4.78 is 11.5. The molecule has 3 saturated carbocycles. The molecule has 2 heterocycles. The van der Waals surface area contributed by atoms with Gasteiger partial charge in [0.1, 0.15) is 17.1 Å². The summed E-state index contributed by atoms with van der Waals surface area (Å²) in [5.74, 6) is -3.42. The van der Waals surface area contributed by atoms with Crippen molar-refractivity contribution in [2.75, 3.05) is 13.2 Å². The highest BCUT2D eigenvalue weighted by Crippen LogP contribution is 2.71. The van der Waals surface area contributed by atoms with E-state index in [4.69, 9.17) is 9.47 Å². The second-order valence-corrected chi connectivity index (χ2v) is 10.3. The van der Waals surface area contributed by atoms with Crippen LogP contribution in [0.1, 0.15) is 39.5 Å². The lowest BCUT2D eigenvalue weighted by molar-refractivity contribution is -0.251. The lowest BCUT2D eigenvalue weighted by Crippen LogP contribution is -2.71. The maximum atomic E-state index is 13.4. The van der Waals surface area contributed by atoms with E-state index in [1.807, 2.05) is 13.8 Å². The molecule has 28 heavy (non-hydrogen) atoms. The van der Waals surface area contributed by atoms with E-state index in [0.717, 1.165) is 0 Å². The third kappa shape index (κ3) is 1.81. The van der Waals surface area contributed by atoms with Gasteiger partial charge in [0.15, 0.2) is 12.1 Å². The fraction of sp³-hybridized carbons (Fsp3) is 0.900. The maximum Gasteiger partial charge on any atom is 0.320 e. The number of aliphatic hydroxyl groups is 4. The van der Waals surface area contributed by atoms with E-state index in [1.54, 1.807) is 0 Å². The first-order valence-electron chi connectivity index (χ1n) is 10.1. The summed E-state index contributed by atoms with van der Waals surface area (Å²) in [7, 11) is 0. The zero-order valence-corrected chi connectivity index (χ0v) is 16.1. The molecular weight excluding hydrogens is 368 g/mol. The van der Waals surface area contributed by atoms with E-state index in [-0.39, 0.29) is 24.9 Å². The number of carbonyl (C=O) groups is 2. The molecule has 0 amide bonds. The zero-order chi connectivity index (χ0) is 20.3. The summed E-state index contributed by atoms with van der Waals surface area (Å²) in [4.78, 5) is 26.6. The molecule has 9 atom stereocenters. The molecule has 9 unspecified atom stereocenters. The molecule has 4 N–H and O–H groups in total. The fourth-order valence-electron chi connectivity index (χ4n) is 7.75. The molecule has 0 aromatic carbocycles. The zero-order valence-electron chi connectivity index (χ0n) is 16.1. The molecule has 2 saturated heterocycles. The van der Waals surface area contributed by atoms with Crippen LogP contribution in [0.25, 0.3) is 0 Å². The Morgan fingerprint density at radius 2 is 1.89 bits per heavy atom. The fourth-order valence-corrected chi connectivity index (χ4v) is 7.75. The molecule has 5 fully saturated rings. The first kappa shape index (κ1) is 18.9. The van der Waals surface area contributed by atoms with Gasteiger partial charge in [-0.05, 0) is 31.1 Å². The molecule has 0 aromatic rings. The van der Waals surface area contributed by atoms with E-state index in [0.29, 0.717) is 12.8 Å². The van der Waals surface area contributed by atoms with Crippen LogP contribution in [0.2, 0.25) is 0 Å². The summed E-state index contributed by atoms with van der Waals surface area (Å²) in [6, 6.07) is 0. The van der Waals surface area contributed by atoms with Gasteiger partial charge in [-0.2, -0.15) is 0 Å². The number of fused-ring (bicyclic) bond motifs is 1. The Hall–Kier alpha value is -1.06. The molecular formula is C20H28O8. The molecule has 2 spiro atoms. The van der Waals surface area contributed by atoms with Gasteiger partial charge in [-0.3, -0.25) is 9.59 Å². The maximum absolute atomic E-state index is 13.4. The van der Waals surface area contributed by atoms with Crippen LogP contribution in [0.3, 0.4) is 0 Å². The average molecular weight is 396 g/mol. The Kier molecular flexibility index (Phi) is 3.62. The van der Waals surface area contributed by atoms with Crippen molar-refractivity contribution in [1.29, 1.82) is 0 Å². The normalized spacial score (nSPS) is 56.6. The SMILES string of the molecule is CC1(C)CCC2OC(=O)C34CC(CC(O)C3C23COC(O)C13)C(O)(CO)C4=O. The molecule has 0 aromatic heterocycles. The van der Waals surface area contributed by atoms with Gasteiger partial charge >= 0.3 is 5.97 Å². The summed E-state index contributed by atoms with van der Waals surface area (Å²) in [6.07, 6.45) is -1.25. The third-order valence-electron chi connectivity index (χ3n) is 8.78. The number of ether oxygens (including phenoxy) is 2. The van der Waals surface area contributed by atoms with Crippen molar-refractivity contribution in [2.24, 2.45) is 34.0 Å². The van der Waals surface area contributed by atoms with Gasteiger partial charge in [0, 0.05) is 23.2 Å². The minimum absolute atomic E-state index is 0.0428. The predicted molar refractivity (Wildman–Crippen MR) is 92.5 cm³/mol. The minimum atomic E-state index is -2.06. The van der Waals surface area contributed by atoms with Crippen molar-refractivity contribution in [3.8, 4) is 0 Å². The Labute approximate surface area is 162 Å². The highest BCUT2D eigenvalue weighted by atomic mass is 16.6. The van der Waals surface area contributed by atoms with Gasteiger partial charge in [0.05, 0.1) is 19.3 Å². The van der Waals surface area contributed by atoms with E-state index in [2.05, 4.69) is 0 Å². The van der Waals surface area contributed by atoms with Crippen LogP contribution in [0, 0.1) is 34.0 Å². The molecule has 8 nitrogen and oxygen atoms in total. The summed E-state index contributed by atoms with van der Waals surface area (Å²) in [5, 5.41) is 42.6. The first-order chi connectivity index (χ1) is 13.1. The number of hydrogen-bond donors (Lipinski definition) is 4. The molecule has 156 valence electrons. The van der Waals surface area contributed by atoms with E-state index < -0.39 is 71.0 Å². The lowest BCUT2D eigenvalue weighted by Gasteiger charge is -2.62. The van der Waals surface area contributed by atoms with Crippen molar-refractivity contribution in [3.05, 3.63) is 0 Å². The van der Waals surface area contributed by atoms with E-state index in [1.165, 1.54) is 0 Å². The number of ketones is 1. The van der Waals surface area contributed by atoms with Crippen LogP contribution in [0.4, 0.5) is 0 Å². The summed E-state index contributed by atoms with van der Waals surface area (Å²) >= 11 is 0. The van der Waals surface area contributed by atoms with Crippen molar-refractivity contribution in [3.63, 3.8) is 0 Å². The number of Topliss-reactive ketones (excluding diaryl/α,β-unsaturated/α-hetero) is 1. The van der Waals surface area contributed by atoms with Crippen LogP contribution < -0.4 is 0 Å². The Balaban J connectivity index is 1.73. The number of carbonyl (C=O) groups excluding carboxylic acids is 2. The van der Waals surface area contributed by atoms with Crippen LogP contribution in [-0.2, 0) is 19.1 Å². The Morgan fingerprint density at radius 1 is 1.18 bits per heavy atom. The summed E-state index contributed by atoms with van der Waals surface area (Å²) in [6.45, 7) is 3.33. The molecule has 3 aliphatic carbocycles. The predicted octanol–water partition coefficient (Wildman–Crippen LogP) is -0.637. The first-order valence-corrected chi connectivity index (χ1v) is 10.1. The van der Waals surface area contributed by atoms with Gasteiger partial charge in [-0.25, -0.2) is 0 Å². The van der Waals surface area contributed by atoms with Crippen molar-refractivity contribution in [2.45, 2.75) is 63.6 Å².